The number of hydrogen-bond acceptors (Lipinski definition) is 5. The number of para-hydroxylation sites is 1. The van der Waals surface area contributed by atoms with Crippen LogP contribution in [-0.4, -0.2) is 38.1 Å². The normalized spacial score (nSPS) is 16.4. The summed E-state index contributed by atoms with van der Waals surface area (Å²) >= 11 is 13.7. The topological polar surface area (TPSA) is 83.0 Å². The number of rotatable bonds is 5. The van der Waals surface area contributed by atoms with Crippen LogP contribution in [0.5, 0.6) is 5.75 Å². The molecule has 0 aliphatic carbocycles. The third-order valence-electron chi connectivity index (χ3n) is 5.86. The molecule has 1 N–H and O–H groups in total. The van der Waals surface area contributed by atoms with Crippen molar-refractivity contribution in [3.63, 3.8) is 0 Å². The van der Waals surface area contributed by atoms with Gasteiger partial charge in [-0.3, -0.25) is 10.2 Å². The monoisotopic (exact) mass is 537 g/mol. The molecule has 3 aromatic rings. The van der Waals surface area contributed by atoms with Crippen molar-refractivity contribution in [2.45, 2.75) is 20.8 Å². The van der Waals surface area contributed by atoms with Crippen LogP contribution in [0.15, 0.2) is 64.2 Å². The number of amides is 1. The molecule has 36 heavy (non-hydrogen) atoms. The lowest BCUT2D eigenvalue weighted by atomic mass is 10.1. The number of aromatic nitrogens is 1. The molecule has 10 heteroatoms. The van der Waals surface area contributed by atoms with E-state index in [-0.39, 0.29) is 18.0 Å². The number of carbonyl (C=O) groups excluding carboxylic acids is 1. The van der Waals surface area contributed by atoms with Crippen molar-refractivity contribution in [1.82, 2.24) is 9.58 Å². The maximum Gasteiger partial charge on any atom is 0.283 e. The minimum absolute atomic E-state index is 0.0299. The summed E-state index contributed by atoms with van der Waals surface area (Å²) in [5.41, 5.74) is 4.53. The van der Waals surface area contributed by atoms with E-state index >= 15 is 0 Å². The van der Waals surface area contributed by atoms with E-state index in [4.69, 9.17) is 33.3 Å². The summed E-state index contributed by atoms with van der Waals surface area (Å²) in [6.45, 7) is 6.07. The van der Waals surface area contributed by atoms with Crippen LogP contribution in [0.4, 0.5) is 0 Å². The summed E-state index contributed by atoms with van der Waals surface area (Å²) in [7, 11) is 0. The van der Waals surface area contributed by atoms with Crippen LogP contribution in [-0.2, 0) is 4.79 Å². The van der Waals surface area contributed by atoms with Crippen molar-refractivity contribution in [1.29, 1.82) is 5.41 Å². The van der Waals surface area contributed by atoms with Gasteiger partial charge < -0.3 is 9.30 Å². The van der Waals surface area contributed by atoms with E-state index in [1.54, 1.807) is 18.2 Å². The molecule has 2 aromatic carbocycles. The lowest BCUT2D eigenvalue weighted by Gasteiger charge is -2.20. The highest BCUT2D eigenvalue weighted by molar-refractivity contribution is 8.27. The average molecular weight is 538 g/mol. The van der Waals surface area contributed by atoms with Gasteiger partial charge in [-0.25, -0.2) is 0 Å². The molecule has 0 atom stereocenters. The van der Waals surface area contributed by atoms with E-state index in [1.165, 1.54) is 16.8 Å². The number of halogens is 2. The van der Waals surface area contributed by atoms with Gasteiger partial charge in [-0.15, -0.1) is 0 Å². The highest BCUT2D eigenvalue weighted by Gasteiger charge is 2.36. The van der Waals surface area contributed by atoms with Gasteiger partial charge in [-0.2, -0.15) is 15.1 Å². The van der Waals surface area contributed by atoms with Crippen LogP contribution in [0, 0.1) is 26.2 Å². The van der Waals surface area contributed by atoms with Crippen LogP contribution in [0.25, 0.3) is 11.8 Å². The molecule has 0 spiro atoms. The largest absolute Gasteiger partial charge is 0.486 e. The molecule has 2 aliphatic rings. The maximum atomic E-state index is 12.9. The predicted octanol–water partition coefficient (Wildman–Crippen LogP) is 6.41. The number of amidine groups is 2. The molecule has 0 saturated carbocycles. The fourth-order valence-corrected chi connectivity index (χ4v) is 5.36. The Bertz CT molecular complexity index is 1520. The van der Waals surface area contributed by atoms with E-state index in [2.05, 4.69) is 10.1 Å². The number of benzene rings is 2. The Hall–Kier alpha value is -3.33. The Morgan fingerprint density at radius 3 is 2.64 bits per heavy atom. The Balaban J connectivity index is 1.42. The first-order valence-corrected chi connectivity index (χ1v) is 12.6. The lowest BCUT2D eigenvalue weighted by Crippen LogP contribution is -2.35. The van der Waals surface area contributed by atoms with Gasteiger partial charge in [0.25, 0.3) is 5.91 Å². The zero-order chi connectivity index (χ0) is 25.6. The molecular formula is C26H21Cl2N5O2S. The predicted molar refractivity (Wildman–Crippen MR) is 147 cm³/mol. The van der Waals surface area contributed by atoms with Gasteiger partial charge >= 0.3 is 0 Å². The summed E-state index contributed by atoms with van der Waals surface area (Å²) in [6.07, 6.45) is 1.68. The number of hydrogen-bond donors (Lipinski definition) is 1. The number of hydrazone groups is 1. The quantitative estimate of drug-likeness (QED) is 0.381. The number of nitrogens with zero attached hydrogens (tertiary/aromatic N) is 4. The van der Waals surface area contributed by atoms with Crippen LogP contribution in [0.2, 0.25) is 10.0 Å². The van der Waals surface area contributed by atoms with Crippen molar-refractivity contribution >= 4 is 63.0 Å². The molecule has 0 unspecified atom stereocenters. The van der Waals surface area contributed by atoms with Crippen molar-refractivity contribution in [3.8, 4) is 11.4 Å². The number of aryl methyl sites for hydroxylation is 2. The minimum atomic E-state index is -0.482. The second-order valence-electron chi connectivity index (χ2n) is 8.33. The first-order chi connectivity index (χ1) is 17.2. The molecule has 7 nitrogen and oxygen atoms in total. The highest BCUT2D eigenvalue weighted by atomic mass is 35.5. The molecule has 0 radical (unpaired) electrons. The summed E-state index contributed by atoms with van der Waals surface area (Å²) in [4.78, 5) is 17.1. The molecule has 0 saturated heterocycles. The molecule has 3 heterocycles. The second-order valence-corrected chi connectivity index (χ2v) is 10.2. The number of ether oxygens (including phenoxy) is 1. The van der Waals surface area contributed by atoms with Crippen LogP contribution in [0.3, 0.4) is 0 Å². The molecule has 5 rings (SSSR count). The lowest BCUT2D eigenvalue weighted by molar-refractivity contribution is -0.114. The van der Waals surface area contributed by atoms with Crippen molar-refractivity contribution in [3.05, 3.63) is 86.7 Å². The zero-order valence-corrected chi connectivity index (χ0v) is 22.0. The molecule has 182 valence electrons. The SMILES string of the molecule is Cc1ccccc1OCC1=NN2C(=N)/C(=C/c3cc(C)n(-c4ccc(Cl)cc4Cl)c3C)C(=O)N=C2S1. The highest BCUT2D eigenvalue weighted by Crippen LogP contribution is 2.32. The standard InChI is InChI=1S/C26H21Cl2N5O2S/c1-14-6-4-5-7-22(14)35-13-23-31-33-24(29)19(25(34)30-26(33)36-23)11-17-10-15(2)32(16(17)3)21-9-8-18(27)12-20(21)28/h4-12,29H,13H2,1-3H3/b19-11-,29-24?. The summed E-state index contributed by atoms with van der Waals surface area (Å²) in [5, 5.41) is 16.6. The van der Waals surface area contributed by atoms with E-state index in [0.29, 0.717) is 20.3 Å². The van der Waals surface area contributed by atoms with Crippen molar-refractivity contribution < 1.29 is 9.53 Å². The van der Waals surface area contributed by atoms with Crippen LogP contribution >= 0.6 is 35.0 Å². The number of thioether (sulfide) groups is 1. The fourth-order valence-electron chi connectivity index (χ4n) is 4.07. The number of fused-ring (bicyclic) bond motifs is 1. The van der Waals surface area contributed by atoms with E-state index in [1.807, 2.05) is 61.7 Å². The number of nitrogens with one attached hydrogen (secondary N) is 1. The van der Waals surface area contributed by atoms with Crippen LogP contribution in [0.1, 0.15) is 22.5 Å². The number of carbonyl (C=O) groups is 1. The van der Waals surface area contributed by atoms with Crippen molar-refractivity contribution in [2.75, 3.05) is 6.61 Å². The van der Waals surface area contributed by atoms with E-state index < -0.39 is 5.91 Å². The summed E-state index contributed by atoms with van der Waals surface area (Å²) in [5.74, 6) is 0.248. The number of aliphatic imine (C=N–C) groups is 1. The van der Waals surface area contributed by atoms with Gasteiger partial charge in [-0.05, 0) is 80.1 Å². The van der Waals surface area contributed by atoms with Gasteiger partial charge in [-0.1, -0.05) is 41.4 Å². The summed E-state index contributed by atoms with van der Waals surface area (Å²) < 4.78 is 7.86. The van der Waals surface area contributed by atoms with E-state index in [9.17, 15) is 4.79 Å². The second kappa shape index (κ2) is 9.61. The third kappa shape index (κ3) is 4.48. The Morgan fingerprint density at radius 1 is 1.11 bits per heavy atom. The van der Waals surface area contributed by atoms with Gasteiger partial charge in [0.05, 0.1) is 16.3 Å². The van der Waals surface area contributed by atoms with Crippen LogP contribution < -0.4 is 4.74 Å². The maximum absolute atomic E-state index is 12.9. The Morgan fingerprint density at radius 2 is 1.89 bits per heavy atom. The summed E-state index contributed by atoms with van der Waals surface area (Å²) in [6, 6.07) is 15.0. The Labute approximate surface area is 222 Å². The first-order valence-electron chi connectivity index (χ1n) is 11.0. The minimum Gasteiger partial charge on any atom is -0.486 e. The van der Waals surface area contributed by atoms with Gasteiger partial charge in [0.15, 0.2) is 5.84 Å². The molecular weight excluding hydrogens is 517 g/mol. The molecule has 2 aliphatic heterocycles. The molecule has 1 amide bonds. The van der Waals surface area contributed by atoms with Gasteiger partial charge in [0.2, 0.25) is 5.17 Å². The molecule has 0 fully saturated rings. The van der Waals surface area contributed by atoms with E-state index in [0.717, 1.165) is 34.0 Å². The Kier molecular flexibility index (Phi) is 6.51. The first kappa shape index (κ1) is 24.4. The zero-order valence-electron chi connectivity index (χ0n) is 19.7. The fraction of sp³-hybridized carbons (Fsp3) is 0.154. The molecule has 1 aromatic heterocycles. The smallest absolute Gasteiger partial charge is 0.283 e. The third-order valence-corrected chi connectivity index (χ3v) is 7.28. The van der Waals surface area contributed by atoms with Gasteiger partial charge in [0.1, 0.15) is 17.4 Å². The van der Waals surface area contributed by atoms with Crippen molar-refractivity contribution in [2.24, 2.45) is 10.1 Å². The molecule has 0 bridgehead atoms. The van der Waals surface area contributed by atoms with Gasteiger partial charge in [0, 0.05) is 16.4 Å². The average Bonchev–Trinajstić information content (AvgIpc) is 3.36.